The summed E-state index contributed by atoms with van der Waals surface area (Å²) in [5, 5.41) is 11.5. The Labute approximate surface area is 270 Å². The zero-order chi connectivity index (χ0) is 30.9. The summed E-state index contributed by atoms with van der Waals surface area (Å²) < 4.78 is 2.36. The van der Waals surface area contributed by atoms with Crippen LogP contribution in [0, 0.1) is 0 Å². The van der Waals surface area contributed by atoms with E-state index in [2.05, 4.69) is 144 Å². The van der Waals surface area contributed by atoms with E-state index in [-0.39, 0.29) is 0 Å². The molecule has 0 saturated carbocycles. The number of pyridine rings is 3. The van der Waals surface area contributed by atoms with Crippen LogP contribution in [0.5, 0.6) is 0 Å². The Balaban J connectivity index is 1.39. The number of hydrogen-bond donors (Lipinski definition) is 0. The molecule has 6 aromatic carbocycles. The fraction of sp³-hybridized carbons (Fsp3) is 0. The van der Waals surface area contributed by atoms with Gasteiger partial charge < -0.3 is 0 Å². The van der Waals surface area contributed by atoms with Gasteiger partial charge in [0.25, 0.3) is 0 Å². The second-order valence-electron chi connectivity index (χ2n) is 12.1. The average molecular weight is 599 g/mol. The molecule has 4 heteroatoms. The molecule has 10 rings (SSSR count). The first-order chi connectivity index (χ1) is 23.3. The van der Waals surface area contributed by atoms with Gasteiger partial charge in [-0.3, -0.25) is 14.5 Å². The van der Waals surface area contributed by atoms with E-state index in [1.165, 1.54) is 10.8 Å². The molecule has 4 nitrogen and oxygen atoms in total. The lowest BCUT2D eigenvalue weighted by atomic mass is 9.95. The highest BCUT2D eigenvalue weighted by atomic mass is 15.1. The molecule has 0 unspecified atom stereocenters. The number of rotatable bonds is 3. The molecule has 4 aromatic heterocycles. The first-order valence-corrected chi connectivity index (χ1v) is 15.9. The SMILES string of the molecule is c1ccc2c(-c3ccc4c(c3)c3cc(-c5nccc6ccccc56)c5ccccc5c3n4-c3nccc4ccccc34)nccc2c1. The van der Waals surface area contributed by atoms with Crippen molar-refractivity contribution >= 4 is 64.9 Å². The van der Waals surface area contributed by atoms with E-state index in [0.717, 1.165) is 82.5 Å². The van der Waals surface area contributed by atoms with Crippen LogP contribution in [0.3, 0.4) is 0 Å². The van der Waals surface area contributed by atoms with Gasteiger partial charge in [0.1, 0.15) is 5.82 Å². The highest BCUT2D eigenvalue weighted by Gasteiger charge is 2.21. The summed E-state index contributed by atoms with van der Waals surface area (Å²) in [6.07, 6.45) is 5.74. The Morgan fingerprint density at radius 2 is 0.936 bits per heavy atom. The standard InChI is InChI=1S/C43H26N4/c1-4-12-31-27(9-1)19-22-44-40(31)30-17-18-39-36(25-30)38-26-37(41-32-13-5-2-10-28(32)20-23-45-41)34-15-7-8-16-35(34)42(38)47(39)43-33-14-6-3-11-29(33)21-24-46-43/h1-26H. The molecule has 47 heavy (non-hydrogen) atoms. The maximum Gasteiger partial charge on any atom is 0.145 e. The molecule has 10 aromatic rings. The van der Waals surface area contributed by atoms with Gasteiger partial charge in [0.15, 0.2) is 0 Å². The number of benzene rings is 6. The largest absolute Gasteiger partial charge is 0.293 e. The molecule has 0 spiro atoms. The van der Waals surface area contributed by atoms with Crippen molar-refractivity contribution in [2.24, 2.45) is 0 Å². The van der Waals surface area contributed by atoms with Crippen molar-refractivity contribution in [3.05, 3.63) is 158 Å². The van der Waals surface area contributed by atoms with Gasteiger partial charge in [-0.05, 0) is 57.9 Å². The molecule has 4 heterocycles. The van der Waals surface area contributed by atoms with Gasteiger partial charge in [0.05, 0.1) is 22.4 Å². The quantitative estimate of drug-likeness (QED) is 0.203. The van der Waals surface area contributed by atoms with E-state index < -0.39 is 0 Å². The Morgan fingerprint density at radius 3 is 1.66 bits per heavy atom. The Morgan fingerprint density at radius 1 is 0.383 bits per heavy atom. The molecular weight excluding hydrogens is 573 g/mol. The highest BCUT2D eigenvalue weighted by Crippen LogP contribution is 2.43. The van der Waals surface area contributed by atoms with Crippen LogP contribution in [-0.4, -0.2) is 19.5 Å². The van der Waals surface area contributed by atoms with E-state index in [9.17, 15) is 0 Å². The minimum Gasteiger partial charge on any atom is -0.293 e. The Hall–Kier alpha value is -6.39. The van der Waals surface area contributed by atoms with Gasteiger partial charge in [0.2, 0.25) is 0 Å². The Kier molecular flexibility index (Phi) is 5.54. The van der Waals surface area contributed by atoms with Crippen LogP contribution in [0.2, 0.25) is 0 Å². The average Bonchev–Trinajstić information content (AvgIpc) is 3.47. The van der Waals surface area contributed by atoms with Gasteiger partial charge >= 0.3 is 0 Å². The summed E-state index contributed by atoms with van der Waals surface area (Å²) >= 11 is 0. The van der Waals surface area contributed by atoms with Crippen molar-refractivity contribution in [3.63, 3.8) is 0 Å². The van der Waals surface area contributed by atoms with E-state index >= 15 is 0 Å². The molecule has 0 amide bonds. The maximum absolute atomic E-state index is 5.04. The molecule has 0 bridgehead atoms. The molecule has 0 radical (unpaired) electrons. The monoisotopic (exact) mass is 598 g/mol. The third kappa shape index (κ3) is 3.85. The molecule has 0 aliphatic carbocycles. The maximum atomic E-state index is 5.04. The Bertz CT molecular complexity index is 2850. The third-order valence-electron chi connectivity index (χ3n) is 9.51. The zero-order valence-electron chi connectivity index (χ0n) is 25.3. The summed E-state index contributed by atoms with van der Waals surface area (Å²) in [5.74, 6) is 0.917. The van der Waals surface area contributed by atoms with Crippen LogP contribution in [0.1, 0.15) is 0 Å². The van der Waals surface area contributed by atoms with Crippen molar-refractivity contribution in [2.45, 2.75) is 0 Å². The van der Waals surface area contributed by atoms with Gasteiger partial charge in [0, 0.05) is 62.0 Å². The molecule has 0 N–H and O–H groups in total. The third-order valence-corrected chi connectivity index (χ3v) is 9.51. The predicted octanol–water partition coefficient (Wildman–Crippen LogP) is 10.9. The van der Waals surface area contributed by atoms with Crippen LogP contribution in [0.4, 0.5) is 0 Å². The van der Waals surface area contributed by atoms with Gasteiger partial charge in [-0.2, -0.15) is 0 Å². The second kappa shape index (κ2) is 10.1. The molecular formula is C43H26N4. The fourth-order valence-electron chi connectivity index (χ4n) is 7.40. The molecule has 0 atom stereocenters. The van der Waals surface area contributed by atoms with Crippen molar-refractivity contribution in [3.8, 4) is 28.3 Å². The minimum absolute atomic E-state index is 0.917. The van der Waals surface area contributed by atoms with Crippen LogP contribution in [0.25, 0.3) is 93.2 Å². The molecule has 0 fully saturated rings. The number of fused-ring (bicyclic) bond motifs is 8. The van der Waals surface area contributed by atoms with E-state index in [1.54, 1.807) is 0 Å². The first kappa shape index (κ1) is 25.9. The summed E-state index contributed by atoms with van der Waals surface area (Å²) in [6.45, 7) is 0. The van der Waals surface area contributed by atoms with Crippen LogP contribution in [0.15, 0.2) is 158 Å². The van der Waals surface area contributed by atoms with Gasteiger partial charge in [-0.25, -0.2) is 4.98 Å². The fourth-order valence-corrected chi connectivity index (χ4v) is 7.40. The number of hydrogen-bond acceptors (Lipinski definition) is 3. The molecule has 0 saturated heterocycles. The van der Waals surface area contributed by atoms with Crippen molar-refractivity contribution in [2.75, 3.05) is 0 Å². The highest BCUT2D eigenvalue weighted by molar-refractivity contribution is 6.23. The van der Waals surface area contributed by atoms with Crippen LogP contribution >= 0.6 is 0 Å². The van der Waals surface area contributed by atoms with E-state index in [1.807, 2.05) is 18.6 Å². The lowest BCUT2D eigenvalue weighted by Crippen LogP contribution is -1.99. The predicted molar refractivity (Wildman–Crippen MR) is 195 cm³/mol. The summed E-state index contributed by atoms with van der Waals surface area (Å²) in [4.78, 5) is 14.9. The summed E-state index contributed by atoms with van der Waals surface area (Å²) in [5.41, 5.74) is 6.39. The van der Waals surface area contributed by atoms with E-state index in [0.29, 0.717) is 0 Å². The topological polar surface area (TPSA) is 43.6 Å². The minimum atomic E-state index is 0.917. The lowest BCUT2D eigenvalue weighted by Gasteiger charge is -2.14. The van der Waals surface area contributed by atoms with Gasteiger partial charge in [-0.1, -0.05) is 103 Å². The van der Waals surface area contributed by atoms with Crippen molar-refractivity contribution < 1.29 is 0 Å². The molecule has 0 aliphatic heterocycles. The number of nitrogens with zero attached hydrogens (tertiary/aromatic N) is 4. The summed E-state index contributed by atoms with van der Waals surface area (Å²) in [7, 11) is 0. The molecule has 218 valence electrons. The molecule has 0 aliphatic rings. The van der Waals surface area contributed by atoms with Crippen LogP contribution in [-0.2, 0) is 0 Å². The lowest BCUT2D eigenvalue weighted by molar-refractivity contribution is 1.10. The smallest absolute Gasteiger partial charge is 0.145 e. The first-order valence-electron chi connectivity index (χ1n) is 15.9. The number of aromatic nitrogens is 4. The second-order valence-corrected chi connectivity index (χ2v) is 12.1. The van der Waals surface area contributed by atoms with Crippen molar-refractivity contribution in [1.29, 1.82) is 0 Å². The van der Waals surface area contributed by atoms with Crippen molar-refractivity contribution in [1.82, 2.24) is 19.5 Å². The van der Waals surface area contributed by atoms with Gasteiger partial charge in [-0.15, -0.1) is 0 Å². The zero-order valence-corrected chi connectivity index (χ0v) is 25.3. The van der Waals surface area contributed by atoms with E-state index in [4.69, 9.17) is 15.0 Å². The summed E-state index contributed by atoms with van der Waals surface area (Å²) in [6, 6.07) is 49.5. The van der Waals surface area contributed by atoms with Crippen LogP contribution < -0.4 is 0 Å². The normalized spacial score (nSPS) is 11.8.